The lowest BCUT2D eigenvalue weighted by atomic mass is 9.61. The Balaban J connectivity index is 1.67. The van der Waals surface area contributed by atoms with E-state index in [1.54, 1.807) is 19.1 Å². The third-order valence-corrected chi connectivity index (χ3v) is 7.21. The van der Waals surface area contributed by atoms with Crippen molar-refractivity contribution in [1.29, 1.82) is 5.26 Å². The number of ether oxygens (including phenoxy) is 1. The lowest BCUT2D eigenvalue weighted by molar-refractivity contribution is -0.154. The van der Waals surface area contributed by atoms with Crippen LogP contribution >= 0.6 is 27.3 Å². The van der Waals surface area contributed by atoms with E-state index in [0.717, 1.165) is 25.7 Å². The summed E-state index contributed by atoms with van der Waals surface area (Å²) in [5.41, 5.74) is 0.134. The molecule has 3 fully saturated rings. The molecule has 1 N–H and O–H groups in total. The highest BCUT2D eigenvalue weighted by Crippen LogP contribution is 2.47. The van der Waals surface area contributed by atoms with Crippen LogP contribution in [0.3, 0.4) is 0 Å². The number of esters is 1. The molecule has 3 aliphatic carbocycles. The Hall–Kier alpha value is -2.05. The van der Waals surface area contributed by atoms with Crippen LogP contribution in [0.2, 0.25) is 0 Å². The van der Waals surface area contributed by atoms with Gasteiger partial charge in [-0.15, -0.1) is 11.3 Å². The molecule has 2 aromatic rings. The van der Waals surface area contributed by atoms with Gasteiger partial charge in [0, 0.05) is 6.04 Å². The number of nitrogens with zero attached hydrogens (tertiary/aromatic N) is 3. The van der Waals surface area contributed by atoms with E-state index in [1.807, 2.05) is 0 Å². The van der Waals surface area contributed by atoms with Gasteiger partial charge in [-0.1, -0.05) is 0 Å². The third kappa shape index (κ3) is 3.88. The van der Waals surface area contributed by atoms with E-state index in [0.29, 0.717) is 16.4 Å². The van der Waals surface area contributed by atoms with E-state index >= 15 is 4.39 Å². The smallest absolute Gasteiger partial charge is 0.311 e. The summed E-state index contributed by atoms with van der Waals surface area (Å²) >= 11 is 4.44. The largest absolute Gasteiger partial charge is 0.466 e. The van der Waals surface area contributed by atoms with Crippen molar-refractivity contribution < 1.29 is 13.9 Å². The lowest BCUT2D eigenvalue weighted by Gasteiger charge is -2.47. The normalized spacial score (nSPS) is 25.4. The SMILES string of the molecule is CCOC(=O)[C@H]1C2CCC(CC2)[C@@H]1Nc1nc(Br)nc(-c2ccc(C#N)s2)c1F. The fourth-order valence-electron chi connectivity index (χ4n) is 4.60. The summed E-state index contributed by atoms with van der Waals surface area (Å²) < 4.78 is 20.9. The molecule has 0 spiro atoms. The highest BCUT2D eigenvalue weighted by atomic mass is 79.9. The molecule has 2 aromatic heterocycles. The molecule has 9 heteroatoms. The number of aromatic nitrogens is 2. The predicted octanol–water partition coefficient (Wildman–Crippen LogP) is 4.76. The van der Waals surface area contributed by atoms with E-state index in [2.05, 4.69) is 37.3 Å². The van der Waals surface area contributed by atoms with E-state index in [1.165, 1.54) is 11.3 Å². The average molecular weight is 479 g/mol. The zero-order chi connectivity index (χ0) is 20.5. The number of halogens is 2. The van der Waals surface area contributed by atoms with Crippen LogP contribution in [0.5, 0.6) is 0 Å². The highest BCUT2D eigenvalue weighted by molar-refractivity contribution is 9.10. The van der Waals surface area contributed by atoms with Crippen molar-refractivity contribution in [3.8, 4) is 16.6 Å². The van der Waals surface area contributed by atoms with Crippen molar-refractivity contribution in [3.05, 3.63) is 27.6 Å². The summed E-state index contributed by atoms with van der Waals surface area (Å²) in [6.45, 7) is 2.13. The number of anilines is 1. The molecular weight excluding hydrogens is 459 g/mol. The van der Waals surface area contributed by atoms with Gasteiger partial charge in [-0.2, -0.15) is 5.26 Å². The molecule has 3 saturated carbocycles. The van der Waals surface area contributed by atoms with Crippen LogP contribution in [0.25, 0.3) is 10.6 Å². The summed E-state index contributed by atoms with van der Waals surface area (Å²) in [6.07, 6.45) is 4.02. The van der Waals surface area contributed by atoms with Crippen molar-refractivity contribution in [1.82, 2.24) is 9.97 Å². The molecule has 0 unspecified atom stereocenters. The van der Waals surface area contributed by atoms with Crippen molar-refractivity contribution in [3.63, 3.8) is 0 Å². The number of carbonyl (C=O) groups is 1. The molecular formula is C20H20BrFN4O2S. The summed E-state index contributed by atoms with van der Waals surface area (Å²) in [7, 11) is 0. The Morgan fingerprint density at radius 2 is 2.07 bits per heavy atom. The second-order valence-corrected chi connectivity index (χ2v) is 9.20. The van der Waals surface area contributed by atoms with Crippen LogP contribution in [0, 0.1) is 34.9 Å². The number of hydrogen-bond acceptors (Lipinski definition) is 7. The highest BCUT2D eigenvalue weighted by Gasteiger charge is 2.48. The van der Waals surface area contributed by atoms with Crippen LogP contribution in [0.4, 0.5) is 10.2 Å². The minimum atomic E-state index is -0.580. The molecule has 5 rings (SSSR count). The van der Waals surface area contributed by atoms with Gasteiger partial charge in [0.05, 0.1) is 17.4 Å². The Morgan fingerprint density at radius 3 is 2.72 bits per heavy atom. The van der Waals surface area contributed by atoms with Gasteiger partial charge in [0.1, 0.15) is 16.6 Å². The first-order valence-electron chi connectivity index (χ1n) is 9.68. The molecule has 2 atom stereocenters. The molecule has 0 aromatic carbocycles. The maximum atomic E-state index is 15.3. The first-order chi connectivity index (χ1) is 14.0. The Labute approximate surface area is 180 Å². The molecule has 2 bridgehead atoms. The van der Waals surface area contributed by atoms with Gasteiger partial charge in [0.2, 0.25) is 0 Å². The fraction of sp³-hybridized carbons (Fsp3) is 0.500. The van der Waals surface area contributed by atoms with Crippen molar-refractivity contribution >= 4 is 39.1 Å². The maximum absolute atomic E-state index is 15.3. The Kier molecular flexibility index (Phi) is 5.83. The standard InChI is InChI=1S/C20H20BrFN4O2S/c1-2-28-19(27)14-10-3-5-11(6-4-10)16(14)24-18-15(22)17(25-20(21)26-18)13-8-7-12(9-23)29-13/h7-8,10-11,14,16H,2-6H2,1H3,(H,24,25,26)/t10?,11?,14-,16-/m0/s1. The second kappa shape index (κ2) is 8.36. The summed E-state index contributed by atoms with van der Waals surface area (Å²) in [5.74, 6) is -0.502. The number of nitriles is 1. The zero-order valence-electron chi connectivity index (χ0n) is 15.8. The first-order valence-corrected chi connectivity index (χ1v) is 11.3. The van der Waals surface area contributed by atoms with Gasteiger partial charge < -0.3 is 10.1 Å². The minimum Gasteiger partial charge on any atom is -0.466 e. The topological polar surface area (TPSA) is 87.9 Å². The maximum Gasteiger partial charge on any atom is 0.311 e. The molecule has 0 radical (unpaired) electrons. The summed E-state index contributed by atoms with van der Waals surface area (Å²) in [5, 5.41) is 12.3. The molecule has 152 valence electrons. The van der Waals surface area contributed by atoms with E-state index in [9.17, 15) is 4.79 Å². The molecule has 0 aliphatic heterocycles. The number of fused-ring (bicyclic) bond motifs is 3. The van der Waals surface area contributed by atoms with Gasteiger partial charge in [-0.3, -0.25) is 4.79 Å². The number of rotatable bonds is 5. The quantitative estimate of drug-likeness (QED) is 0.492. The van der Waals surface area contributed by atoms with Gasteiger partial charge >= 0.3 is 5.97 Å². The number of thiophene rings is 1. The average Bonchev–Trinajstić information content (AvgIpc) is 3.20. The van der Waals surface area contributed by atoms with Crippen LogP contribution in [0.15, 0.2) is 16.9 Å². The van der Waals surface area contributed by atoms with Crippen LogP contribution in [-0.4, -0.2) is 28.6 Å². The summed E-state index contributed by atoms with van der Waals surface area (Å²) in [6, 6.07) is 5.15. The molecule has 3 aliphatic rings. The first kappa shape index (κ1) is 20.2. The van der Waals surface area contributed by atoms with Gasteiger partial charge in [0.25, 0.3) is 0 Å². The number of carbonyl (C=O) groups excluding carboxylic acids is 1. The van der Waals surface area contributed by atoms with Crippen molar-refractivity contribution in [2.75, 3.05) is 11.9 Å². The van der Waals surface area contributed by atoms with Gasteiger partial charge in [-0.05, 0) is 72.5 Å². The van der Waals surface area contributed by atoms with Crippen LogP contribution < -0.4 is 5.32 Å². The Morgan fingerprint density at radius 1 is 1.34 bits per heavy atom. The minimum absolute atomic E-state index is 0.0700. The van der Waals surface area contributed by atoms with E-state index in [-0.39, 0.29) is 46.0 Å². The van der Waals surface area contributed by atoms with Gasteiger partial charge in [-0.25, -0.2) is 14.4 Å². The summed E-state index contributed by atoms with van der Waals surface area (Å²) in [4.78, 5) is 22.1. The predicted molar refractivity (Wildman–Crippen MR) is 111 cm³/mol. The van der Waals surface area contributed by atoms with Crippen LogP contribution in [0.1, 0.15) is 37.5 Å². The van der Waals surface area contributed by atoms with E-state index < -0.39 is 5.82 Å². The van der Waals surface area contributed by atoms with Crippen LogP contribution in [-0.2, 0) is 9.53 Å². The van der Waals surface area contributed by atoms with Gasteiger partial charge in [0.15, 0.2) is 16.4 Å². The monoisotopic (exact) mass is 478 g/mol. The molecule has 29 heavy (non-hydrogen) atoms. The van der Waals surface area contributed by atoms with Crippen molar-refractivity contribution in [2.45, 2.75) is 38.6 Å². The Bertz CT molecular complexity index is 968. The fourth-order valence-corrected chi connectivity index (χ4v) is 5.74. The van der Waals surface area contributed by atoms with E-state index in [4.69, 9.17) is 10.00 Å². The third-order valence-electron chi connectivity index (χ3n) is 5.85. The molecule has 0 amide bonds. The number of nitrogens with one attached hydrogen (secondary N) is 1. The lowest BCUT2D eigenvalue weighted by Crippen LogP contribution is -2.52. The second-order valence-electron chi connectivity index (χ2n) is 7.40. The molecule has 2 heterocycles. The van der Waals surface area contributed by atoms with Crippen molar-refractivity contribution in [2.24, 2.45) is 17.8 Å². The number of hydrogen-bond donors (Lipinski definition) is 1. The molecule has 0 saturated heterocycles. The zero-order valence-corrected chi connectivity index (χ0v) is 18.2. The molecule has 6 nitrogen and oxygen atoms in total.